The van der Waals surface area contributed by atoms with E-state index < -0.39 is 0 Å². The molecule has 2 heterocycles. The van der Waals surface area contributed by atoms with Crippen molar-refractivity contribution in [3.05, 3.63) is 45.9 Å². The number of nitriles is 1. The number of hydrogen-bond acceptors (Lipinski definition) is 7. The molecule has 1 aromatic carbocycles. The standard InChI is InChI=1S/C14H10BN5OS2/c1-20-11-6-17-18-13(21)12(11)23-14(19-20)22-7-8-2-3-10(15)4-9(8)5-16/h2-4,6H,7H2,1H3,(H,18,21). The molecule has 0 atom stereocenters. The zero-order valence-corrected chi connectivity index (χ0v) is 13.7. The zero-order chi connectivity index (χ0) is 16.4. The number of hydrogen-bond donors (Lipinski definition) is 1. The van der Waals surface area contributed by atoms with Gasteiger partial charge in [-0.15, -0.1) is 0 Å². The first kappa shape index (κ1) is 15.7. The fraction of sp³-hybridized carbons (Fsp3) is 0.143. The quantitative estimate of drug-likeness (QED) is 0.827. The molecule has 0 fully saturated rings. The molecule has 0 bridgehead atoms. The Morgan fingerprint density at radius 1 is 1.52 bits per heavy atom. The van der Waals surface area contributed by atoms with E-state index in [-0.39, 0.29) is 5.56 Å². The number of hydrazone groups is 1. The molecule has 0 amide bonds. The summed E-state index contributed by atoms with van der Waals surface area (Å²) in [5.74, 6) is 0.571. The highest BCUT2D eigenvalue weighted by atomic mass is 32.2. The molecule has 2 aromatic rings. The predicted octanol–water partition coefficient (Wildman–Crippen LogP) is 1.18. The minimum absolute atomic E-state index is 0.238. The second-order valence-electron chi connectivity index (χ2n) is 4.72. The van der Waals surface area contributed by atoms with Gasteiger partial charge in [0.2, 0.25) is 0 Å². The number of aromatic amines is 1. The molecule has 3 rings (SSSR count). The van der Waals surface area contributed by atoms with Crippen LogP contribution in [0.25, 0.3) is 0 Å². The highest BCUT2D eigenvalue weighted by Crippen LogP contribution is 2.36. The van der Waals surface area contributed by atoms with E-state index in [4.69, 9.17) is 7.85 Å². The van der Waals surface area contributed by atoms with Crippen molar-refractivity contribution in [1.29, 1.82) is 5.26 Å². The summed E-state index contributed by atoms with van der Waals surface area (Å²) >= 11 is 2.77. The van der Waals surface area contributed by atoms with Crippen LogP contribution in [0, 0.1) is 11.3 Å². The maximum Gasteiger partial charge on any atom is 0.280 e. The van der Waals surface area contributed by atoms with Crippen molar-refractivity contribution in [1.82, 2.24) is 10.2 Å². The molecule has 112 valence electrons. The summed E-state index contributed by atoms with van der Waals surface area (Å²) in [7, 11) is 7.46. The Kier molecular flexibility index (Phi) is 4.45. The maximum absolute atomic E-state index is 11.9. The van der Waals surface area contributed by atoms with Crippen molar-refractivity contribution in [2.45, 2.75) is 10.6 Å². The van der Waals surface area contributed by atoms with Gasteiger partial charge in [0.1, 0.15) is 12.7 Å². The number of H-pyrrole nitrogens is 1. The average molecular weight is 339 g/mol. The van der Waals surface area contributed by atoms with Crippen LogP contribution in [-0.4, -0.2) is 29.5 Å². The predicted molar refractivity (Wildman–Crippen MR) is 94.4 cm³/mol. The summed E-state index contributed by atoms with van der Waals surface area (Å²) in [6.45, 7) is 0. The van der Waals surface area contributed by atoms with Crippen molar-refractivity contribution in [3.8, 4) is 6.07 Å². The van der Waals surface area contributed by atoms with Crippen LogP contribution in [-0.2, 0) is 5.75 Å². The molecule has 0 saturated carbocycles. The Bertz CT molecular complexity index is 889. The van der Waals surface area contributed by atoms with Gasteiger partial charge in [-0.3, -0.25) is 9.80 Å². The Labute approximate surface area is 142 Å². The van der Waals surface area contributed by atoms with Crippen LogP contribution < -0.4 is 16.0 Å². The lowest BCUT2D eigenvalue weighted by molar-refractivity contribution is 0.899. The first-order valence-corrected chi connectivity index (χ1v) is 8.38. The Hall–Kier alpha value is -2.18. The van der Waals surface area contributed by atoms with Crippen LogP contribution in [0.2, 0.25) is 0 Å². The van der Waals surface area contributed by atoms with Crippen LogP contribution in [0.15, 0.2) is 39.2 Å². The molecular formula is C14H10BN5OS2. The van der Waals surface area contributed by atoms with E-state index in [1.807, 2.05) is 6.07 Å². The lowest BCUT2D eigenvalue weighted by Gasteiger charge is -2.21. The van der Waals surface area contributed by atoms with Gasteiger partial charge in [0, 0.05) is 12.8 Å². The monoisotopic (exact) mass is 339 g/mol. The van der Waals surface area contributed by atoms with Gasteiger partial charge in [-0.1, -0.05) is 47.2 Å². The summed E-state index contributed by atoms with van der Waals surface area (Å²) in [6, 6.07) is 7.41. The molecule has 1 aliphatic rings. The van der Waals surface area contributed by atoms with Crippen molar-refractivity contribution in [3.63, 3.8) is 0 Å². The SMILES string of the molecule is [B]c1ccc(CSC2=NN(C)c3cn[nH]c(=O)c3S2)c(C#N)c1. The molecule has 2 radical (unpaired) electrons. The minimum Gasteiger partial charge on any atom is -0.267 e. The summed E-state index contributed by atoms with van der Waals surface area (Å²) in [5, 5.41) is 21.4. The highest BCUT2D eigenvalue weighted by Gasteiger charge is 2.21. The third-order valence-corrected chi connectivity index (χ3v) is 5.41. The van der Waals surface area contributed by atoms with E-state index in [1.54, 1.807) is 30.4 Å². The Balaban J connectivity index is 1.79. The molecule has 6 nitrogen and oxygen atoms in total. The van der Waals surface area contributed by atoms with E-state index >= 15 is 0 Å². The van der Waals surface area contributed by atoms with Crippen LogP contribution >= 0.6 is 23.5 Å². The van der Waals surface area contributed by atoms with Crippen LogP contribution in [0.5, 0.6) is 0 Å². The molecule has 0 saturated heterocycles. The fourth-order valence-electron chi connectivity index (χ4n) is 2.01. The first-order chi connectivity index (χ1) is 11.1. The van der Waals surface area contributed by atoms with Crippen LogP contribution in [0.4, 0.5) is 5.69 Å². The molecule has 1 aromatic heterocycles. The molecule has 23 heavy (non-hydrogen) atoms. The first-order valence-electron chi connectivity index (χ1n) is 6.57. The van der Waals surface area contributed by atoms with Gasteiger partial charge in [0.25, 0.3) is 5.56 Å². The normalized spacial score (nSPS) is 13.2. The van der Waals surface area contributed by atoms with E-state index in [1.165, 1.54) is 23.5 Å². The fourth-order valence-corrected chi connectivity index (χ4v) is 4.15. The number of anilines is 1. The van der Waals surface area contributed by atoms with Crippen LogP contribution in [0.3, 0.4) is 0 Å². The molecule has 0 spiro atoms. The van der Waals surface area contributed by atoms with E-state index in [0.717, 1.165) is 9.94 Å². The van der Waals surface area contributed by atoms with Gasteiger partial charge in [0.05, 0.1) is 23.5 Å². The molecular weight excluding hydrogens is 329 g/mol. The average Bonchev–Trinajstić information content (AvgIpc) is 2.54. The van der Waals surface area contributed by atoms with Gasteiger partial charge < -0.3 is 0 Å². The van der Waals surface area contributed by atoms with Gasteiger partial charge in [-0.2, -0.15) is 15.5 Å². The summed E-state index contributed by atoms with van der Waals surface area (Å²) < 4.78 is 0.734. The maximum atomic E-state index is 11.9. The molecule has 0 unspecified atom stereocenters. The zero-order valence-electron chi connectivity index (χ0n) is 12.1. The number of nitrogens with zero attached hydrogens (tertiary/aromatic N) is 4. The lowest BCUT2D eigenvalue weighted by atomic mass is 9.93. The number of aromatic nitrogens is 2. The third-order valence-electron chi connectivity index (χ3n) is 3.17. The second kappa shape index (κ2) is 6.52. The Morgan fingerprint density at radius 2 is 2.35 bits per heavy atom. The largest absolute Gasteiger partial charge is 0.280 e. The Morgan fingerprint density at radius 3 is 3.13 bits per heavy atom. The third kappa shape index (κ3) is 3.28. The summed E-state index contributed by atoms with van der Waals surface area (Å²) in [4.78, 5) is 12.4. The summed E-state index contributed by atoms with van der Waals surface area (Å²) in [6.07, 6.45) is 1.57. The van der Waals surface area contributed by atoms with Gasteiger partial charge >= 0.3 is 0 Å². The van der Waals surface area contributed by atoms with E-state index in [9.17, 15) is 10.1 Å². The van der Waals surface area contributed by atoms with Gasteiger partial charge in [-0.05, 0) is 5.56 Å². The van der Waals surface area contributed by atoms with Crippen molar-refractivity contribution < 1.29 is 0 Å². The second-order valence-corrected chi connectivity index (χ2v) is 6.94. The van der Waals surface area contributed by atoms with Crippen molar-refractivity contribution >= 4 is 46.9 Å². The van der Waals surface area contributed by atoms with Crippen molar-refractivity contribution in [2.24, 2.45) is 5.10 Å². The van der Waals surface area contributed by atoms with E-state index in [0.29, 0.717) is 27.4 Å². The highest BCUT2D eigenvalue weighted by molar-refractivity contribution is 8.38. The smallest absolute Gasteiger partial charge is 0.267 e. The molecule has 9 heteroatoms. The lowest BCUT2D eigenvalue weighted by Crippen LogP contribution is -2.22. The number of benzene rings is 1. The number of rotatable bonds is 2. The molecule has 1 aliphatic heterocycles. The van der Waals surface area contributed by atoms with Gasteiger partial charge in [-0.25, -0.2) is 5.10 Å². The van der Waals surface area contributed by atoms with Crippen LogP contribution in [0.1, 0.15) is 11.1 Å². The number of fused-ring (bicyclic) bond motifs is 1. The van der Waals surface area contributed by atoms with Gasteiger partial charge in [0.15, 0.2) is 4.38 Å². The van der Waals surface area contributed by atoms with Crippen molar-refractivity contribution in [2.75, 3.05) is 12.1 Å². The molecule has 1 N–H and O–H groups in total. The van der Waals surface area contributed by atoms with E-state index in [2.05, 4.69) is 21.4 Å². The topological polar surface area (TPSA) is 85.1 Å². The summed E-state index contributed by atoms with van der Waals surface area (Å²) in [5.41, 5.74) is 2.43. The molecule has 0 aliphatic carbocycles. The number of nitrogens with one attached hydrogen (secondary N) is 1. The minimum atomic E-state index is -0.238. The number of thioether (sulfide) groups is 2.